The van der Waals surface area contributed by atoms with Crippen LogP contribution in [0.15, 0.2) is 60.9 Å². The van der Waals surface area contributed by atoms with Gasteiger partial charge in [-0.2, -0.15) is 0 Å². The second-order valence-electron chi connectivity index (χ2n) is 7.38. The average molecular weight is 407 g/mol. The van der Waals surface area contributed by atoms with Crippen LogP contribution in [-0.4, -0.2) is 39.8 Å². The normalized spacial score (nSPS) is 18.9. The van der Waals surface area contributed by atoms with Crippen LogP contribution in [0.5, 0.6) is 0 Å². The molecule has 1 fully saturated rings. The third-order valence-corrected chi connectivity index (χ3v) is 5.94. The van der Waals surface area contributed by atoms with Crippen LogP contribution in [0.2, 0.25) is 0 Å². The smallest absolute Gasteiger partial charge is 0.170 e. The number of nitrogens with one attached hydrogen (secondary N) is 1. The second kappa shape index (κ2) is 8.35. The molecule has 2 aromatic heterocycles. The molecule has 6 heteroatoms. The summed E-state index contributed by atoms with van der Waals surface area (Å²) in [5.41, 5.74) is 5.87. The van der Waals surface area contributed by atoms with Gasteiger partial charge < -0.3 is 19.5 Å². The van der Waals surface area contributed by atoms with Gasteiger partial charge in [0.2, 0.25) is 0 Å². The molecule has 0 aliphatic carbocycles. The fourth-order valence-corrected chi connectivity index (χ4v) is 4.23. The topological polar surface area (TPSA) is 42.3 Å². The monoisotopic (exact) mass is 406 g/mol. The lowest BCUT2D eigenvalue weighted by Crippen LogP contribution is -2.33. The van der Waals surface area contributed by atoms with Crippen molar-refractivity contribution in [3.63, 3.8) is 0 Å². The van der Waals surface area contributed by atoms with Gasteiger partial charge in [0.25, 0.3) is 0 Å². The van der Waals surface area contributed by atoms with Crippen molar-refractivity contribution in [3.05, 3.63) is 83.4 Å². The first-order chi connectivity index (χ1) is 14.1. The van der Waals surface area contributed by atoms with Crippen LogP contribution in [0.4, 0.5) is 0 Å². The minimum absolute atomic E-state index is 0.0177. The van der Waals surface area contributed by atoms with E-state index in [1.165, 1.54) is 16.8 Å². The van der Waals surface area contributed by atoms with Gasteiger partial charge in [0.1, 0.15) is 0 Å². The number of rotatable bonds is 6. The summed E-state index contributed by atoms with van der Waals surface area (Å²) >= 11 is 5.70. The quantitative estimate of drug-likeness (QED) is 0.624. The summed E-state index contributed by atoms with van der Waals surface area (Å²) in [5.74, 6) is 0. The maximum atomic E-state index is 5.70. The third kappa shape index (κ3) is 3.78. The molecule has 29 heavy (non-hydrogen) atoms. The van der Waals surface area contributed by atoms with E-state index in [1.807, 2.05) is 18.3 Å². The minimum atomic E-state index is -0.0271. The molecule has 2 atom stereocenters. The van der Waals surface area contributed by atoms with Gasteiger partial charge >= 0.3 is 0 Å². The predicted molar refractivity (Wildman–Crippen MR) is 119 cm³/mol. The van der Waals surface area contributed by atoms with Gasteiger partial charge in [-0.25, -0.2) is 0 Å². The van der Waals surface area contributed by atoms with E-state index in [0.29, 0.717) is 13.2 Å². The molecule has 4 rings (SSSR count). The fourth-order valence-electron chi connectivity index (χ4n) is 3.90. The van der Waals surface area contributed by atoms with Crippen LogP contribution in [-0.2, 0) is 4.74 Å². The zero-order valence-electron chi connectivity index (χ0n) is 17.0. The van der Waals surface area contributed by atoms with Crippen LogP contribution >= 0.6 is 12.2 Å². The fraction of sp³-hybridized carbons (Fsp3) is 0.304. The summed E-state index contributed by atoms with van der Waals surface area (Å²) in [7, 11) is 1.72. The Hall–Kier alpha value is -2.70. The van der Waals surface area contributed by atoms with Crippen LogP contribution in [0.3, 0.4) is 0 Å². The molecule has 2 unspecified atom stereocenters. The highest BCUT2D eigenvalue weighted by molar-refractivity contribution is 7.80. The van der Waals surface area contributed by atoms with E-state index in [0.717, 1.165) is 16.5 Å². The lowest BCUT2D eigenvalue weighted by molar-refractivity contribution is 0.163. The van der Waals surface area contributed by atoms with Crippen molar-refractivity contribution in [1.82, 2.24) is 19.8 Å². The number of ether oxygens (including phenoxy) is 1. The minimum Gasteiger partial charge on any atom is -0.383 e. The molecular weight excluding hydrogens is 380 g/mol. The Balaban J connectivity index is 1.79. The lowest BCUT2D eigenvalue weighted by atomic mass is 10.0. The second-order valence-corrected chi connectivity index (χ2v) is 7.77. The van der Waals surface area contributed by atoms with Gasteiger partial charge in [-0.3, -0.25) is 4.98 Å². The summed E-state index contributed by atoms with van der Waals surface area (Å²) in [5, 5.41) is 4.22. The van der Waals surface area contributed by atoms with Crippen molar-refractivity contribution in [2.24, 2.45) is 0 Å². The molecule has 5 nitrogen and oxygen atoms in total. The number of methoxy groups -OCH3 is 1. The molecule has 0 amide bonds. The Morgan fingerprint density at radius 1 is 1.10 bits per heavy atom. The molecule has 150 valence electrons. The summed E-state index contributed by atoms with van der Waals surface area (Å²) in [4.78, 5) is 6.82. The van der Waals surface area contributed by atoms with Crippen molar-refractivity contribution in [2.75, 3.05) is 20.3 Å². The van der Waals surface area contributed by atoms with Gasteiger partial charge in [-0.15, -0.1) is 0 Å². The summed E-state index contributed by atoms with van der Waals surface area (Å²) in [6.45, 7) is 5.61. The van der Waals surface area contributed by atoms with E-state index in [-0.39, 0.29) is 12.1 Å². The van der Waals surface area contributed by atoms with E-state index in [1.54, 1.807) is 7.11 Å². The van der Waals surface area contributed by atoms with Crippen molar-refractivity contribution in [2.45, 2.75) is 25.9 Å². The van der Waals surface area contributed by atoms with Crippen LogP contribution in [0.25, 0.3) is 5.69 Å². The standard InChI is InChI=1S/C23H26N4OS/c1-16-9-10-18(15-17(16)2)26-12-6-8-20(26)22-21(19-7-4-5-11-24-19)25-23(29)27(22)13-14-28-3/h4-12,15,21-22H,13-14H2,1-3H3,(H,25,29). The van der Waals surface area contributed by atoms with Crippen molar-refractivity contribution in [3.8, 4) is 5.69 Å². The van der Waals surface area contributed by atoms with Gasteiger partial charge in [-0.05, 0) is 73.6 Å². The van der Waals surface area contributed by atoms with Crippen LogP contribution < -0.4 is 5.32 Å². The largest absolute Gasteiger partial charge is 0.383 e. The molecule has 1 aliphatic rings. The Morgan fingerprint density at radius 2 is 1.97 bits per heavy atom. The van der Waals surface area contributed by atoms with E-state index in [4.69, 9.17) is 17.0 Å². The molecule has 3 heterocycles. The maximum absolute atomic E-state index is 5.70. The first-order valence-corrected chi connectivity index (χ1v) is 10.2. The number of benzene rings is 1. The number of hydrogen-bond donors (Lipinski definition) is 1. The molecule has 1 N–H and O–H groups in total. The summed E-state index contributed by atoms with van der Waals surface area (Å²) < 4.78 is 7.60. The zero-order valence-corrected chi connectivity index (χ0v) is 17.8. The van der Waals surface area contributed by atoms with Crippen LogP contribution in [0, 0.1) is 13.8 Å². The van der Waals surface area contributed by atoms with Gasteiger partial charge in [0.15, 0.2) is 5.11 Å². The van der Waals surface area contributed by atoms with Gasteiger partial charge in [0, 0.05) is 37.4 Å². The first kappa shape index (κ1) is 19.6. The Labute approximate surface area is 177 Å². The van der Waals surface area contributed by atoms with Crippen molar-refractivity contribution >= 4 is 17.3 Å². The lowest BCUT2D eigenvalue weighted by Gasteiger charge is -2.28. The van der Waals surface area contributed by atoms with E-state index in [2.05, 4.69) is 76.2 Å². The Bertz CT molecular complexity index is 1000. The van der Waals surface area contributed by atoms with Gasteiger partial charge in [0.05, 0.1) is 24.4 Å². The zero-order chi connectivity index (χ0) is 20.4. The van der Waals surface area contributed by atoms with Crippen LogP contribution in [0.1, 0.15) is 34.6 Å². The molecule has 1 aliphatic heterocycles. The average Bonchev–Trinajstić information content (AvgIpc) is 3.33. The Kier molecular flexibility index (Phi) is 5.65. The molecule has 0 radical (unpaired) electrons. The number of nitrogens with zero attached hydrogens (tertiary/aromatic N) is 3. The number of aromatic nitrogens is 2. The number of hydrogen-bond acceptors (Lipinski definition) is 3. The third-order valence-electron chi connectivity index (χ3n) is 5.59. The maximum Gasteiger partial charge on any atom is 0.170 e. The molecule has 1 saturated heterocycles. The van der Waals surface area contributed by atoms with Gasteiger partial charge in [-0.1, -0.05) is 12.1 Å². The number of aryl methyl sites for hydroxylation is 2. The molecule has 1 aromatic carbocycles. The van der Waals surface area contributed by atoms with Crippen molar-refractivity contribution in [1.29, 1.82) is 0 Å². The SMILES string of the molecule is COCCN1C(=S)NC(c2ccccn2)C1c1cccn1-c1ccc(C)c(C)c1. The van der Waals surface area contributed by atoms with Crippen molar-refractivity contribution < 1.29 is 4.74 Å². The highest BCUT2D eigenvalue weighted by Crippen LogP contribution is 2.39. The molecular formula is C23H26N4OS. The molecule has 0 spiro atoms. The predicted octanol–water partition coefficient (Wildman–Crippen LogP) is 4.11. The summed E-state index contributed by atoms with van der Waals surface area (Å²) in [6.07, 6.45) is 3.95. The number of thiocarbonyl (C=S) groups is 1. The molecule has 0 saturated carbocycles. The number of pyridine rings is 1. The highest BCUT2D eigenvalue weighted by Gasteiger charge is 2.41. The highest BCUT2D eigenvalue weighted by atomic mass is 32.1. The first-order valence-electron chi connectivity index (χ1n) is 9.82. The Morgan fingerprint density at radius 3 is 2.69 bits per heavy atom. The molecule has 3 aromatic rings. The van der Waals surface area contributed by atoms with E-state index in [9.17, 15) is 0 Å². The van der Waals surface area contributed by atoms with E-state index < -0.39 is 0 Å². The van der Waals surface area contributed by atoms with E-state index >= 15 is 0 Å². The molecule has 0 bridgehead atoms. The summed E-state index contributed by atoms with van der Waals surface area (Å²) in [6, 6.07) is 16.8.